The van der Waals surface area contributed by atoms with E-state index in [1.54, 1.807) is 7.11 Å². The fourth-order valence-corrected chi connectivity index (χ4v) is 5.52. The first-order valence-electron chi connectivity index (χ1n) is 12.6. The molecule has 1 atom stereocenters. The van der Waals surface area contributed by atoms with E-state index in [0.29, 0.717) is 17.2 Å². The van der Waals surface area contributed by atoms with Crippen LogP contribution in [0.25, 0.3) is 28.0 Å². The van der Waals surface area contributed by atoms with Crippen LogP contribution in [-0.4, -0.2) is 43.7 Å². The predicted molar refractivity (Wildman–Crippen MR) is 154 cm³/mol. The molecule has 8 nitrogen and oxygen atoms in total. The van der Waals surface area contributed by atoms with Gasteiger partial charge in [-0.25, -0.2) is 20.1 Å². The largest absolute Gasteiger partial charge is 0.497 e. The zero-order chi connectivity index (χ0) is 26.9. The number of ether oxygens (including phenoxy) is 1. The van der Waals surface area contributed by atoms with E-state index in [4.69, 9.17) is 19.8 Å². The van der Waals surface area contributed by atoms with E-state index in [9.17, 15) is 4.79 Å². The number of nitrogens with one attached hydrogen (secondary N) is 1. The van der Waals surface area contributed by atoms with E-state index in [0.717, 1.165) is 45.0 Å². The average molecular weight is 535 g/mol. The van der Waals surface area contributed by atoms with Crippen molar-refractivity contribution >= 4 is 34.4 Å². The number of hydrogen-bond donors (Lipinski definition) is 1. The summed E-state index contributed by atoms with van der Waals surface area (Å²) in [5, 5.41) is 10.1. The molecule has 1 unspecified atom stereocenters. The molecule has 0 radical (unpaired) electrons. The van der Waals surface area contributed by atoms with Crippen molar-refractivity contribution in [3.63, 3.8) is 0 Å². The normalized spacial score (nSPS) is 15.2. The molecule has 0 saturated heterocycles. The predicted octanol–water partition coefficient (Wildman–Crippen LogP) is 5.49. The Labute approximate surface area is 230 Å². The molecule has 3 aromatic carbocycles. The number of aromatic nitrogens is 4. The molecule has 2 aromatic heterocycles. The van der Waals surface area contributed by atoms with Crippen LogP contribution in [0.1, 0.15) is 23.2 Å². The number of para-hydroxylation sites is 1. The molecule has 5 aromatic rings. The van der Waals surface area contributed by atoms with Crippen LogP contribution >= 0.6 is 11.8 Å². The van der Waals surface area contributed by atoms with Crippen molar-refractivity contribution in [3.8, 4) is 22.7 Å². The van der Waals surface area contributed by atoms with Crippen molar-refractivity contribution < 1.29 is 9.53 Å². The molecule has 39 heavy (non-hydrogen) atoms. The molecule has 1 amide bonds. The summed E-state index contributed by atoms with van der Waals surface area (Å²) < 4.78 is 7.20. The van der Waals surface area contributed by atoms with Crippen LogP contribution in [-0.2, 0) is 4.79 Å². The monoisotopic (exact) mass is 534 g/mol. The summed E-state index contributed by atoms with van der Waals surface area (Å²) in [7, 11) is 1.64. The summed E-state index contributed by atoms with van der Waals surface area (Å²) in [6.07, 6.45) is 0.468. The van der Waals surface area contributed by atoms with Gasteiger partial charge in [-0.3, -0.25) is 4.79 Å². The molecular formula is C30H26N6O2S. The lowest BCUT2D eigenvalue weighted by molar-refractivity contribution is -0.120. The Morgan fingerprint density at radius 2 is 1.64 bits per heavy atom. The second kappa shape index (κ2) is 10.3. The number of nitrogens with zero attached hydrogens (tertiary/aromatic N) is 5. The molecule has 0 bridgehead atoms. The highest BCUT2D eigenvalue weighted by molar-refractivity contribution is 8.00. The number of carbonyl (C=O) groups excluding carboxylic acids is 1. The molecule has 0 spiro atoms. The highest BCUT2D eigenvalue weighted by atomic mass is 32.2. The van der Waals surface area contributed by atoms with Crippen LogP contribution in [0.2, 0.25) is 0 Å². The first kappa shape index (κ1) is 24.8. The van der Waals surface area contributed by atoms with Crippen LogP contribution in [0.4, 0.5) is 0 Å². The van der Waals surface area contributed by atoms with Gasteiger partial charge in [-0.2, -0.15) is 10.2 Å². The van der Waals surface area contributed by atoms with Gasteiger partial charge < -0.3 is 4.74 Å². The first-order chi connectivity index (χ1) is 19.0. The fourth-order valence-electron chi connectivity index (χ4n) is 4.58. The van der Waals surface area contributed by atoms with Gasteiger partial charge in [0.1, 0.15) is 5.75 Å². The molecule has 9 heteroatoms. The van der Waals surface area contributed by atoms with Crippen LogP contribution in [0.3, 0.4) is 0 Å². The molecule has 0 aliphatic carbocycles. The lowest BCUT2D eigenvalue weighted by Gasteiger charge is -2.21. The second-order valence-corrected chi connectivity index (χ2v) is 10.5. The van der Waals surface area contributed by atoms with Gasteiger partial charge in [-0.1, -0.05) is 59.8 Å². The molecule has 1 aliphatic heterocycles. The minimum atomic E-state index is -0.436. The van der Waals surface area contributed by atoms with Crippen LogP contribution in [0.15, 0.2) is 89.1 Å². The van der Waals surface area contributed by atoms with Gasteiger partial charge in [0.25, 0.3) is 5.91 Å². The summed E-state index contributed by atoms with van der Waals surface area (Å²) in [6, 6.07) is 25.8. The maximum atomic E-state index is 12.9. The third-order valence-corrected chi connectivity index (χ3v) is 7.71. The van der Waals surface area contributed by atoms with Gasteiger partial charge in [0.2, 0.25) is 0 Å². The van der Waals surface area contributed by atoms with Crippen LogP contribution in [0, 0.1) is 13.8 Å². The molecular weight excluding hydrogens is 508 g/mol. The Bertz CT molecular complexity index is 1700. The third kappa shape index (κ3) is 4.88. The van der Waals surface area contributed by atoms with Gasteiger partial charge in [0.05, 0.1) is 40.5 Å². The highest BCUT2D eigenvalue weighted by Gasteiger charge is 2.29. The van der Waals surface area contributed by atoms with Gasteiger partial charge in [0, 0.05) is 12.0 Å². The molecule has 0 fully saturated rings. The number of benzene rings is 3. The zero-order valence-corrected chi connectivity index (χ0v) is 22.6. The highest BCUT2D eigenvalue weighted by Crippen LogP contribution is 2.35. The van der Waals surface area contributed by atoms with Crippen molar-refractivity contribution in [3.05, 3.63) is 95.7 Å². The van der Waals surface area contributed by atoms with Crippen LogP contribution < -0.4 is 10.2 Å². The summed E-state index contributed by atoms with van der Waals surface area (Å²) in [5.74, 6) is 0.593. The van der Waals surface area contributed by atoms with E-state index in [1.807, 2.05) is 97.4 Å². The van der Waals surface area contributed by atoms with Gasteiger partial charge in [-0.05, 0) is 55.8 Å². The Kier molecular flexibility index (Phi) is 6.58. The van der Waals surface area contributed by atoms with Crippen molar-refractivity contribution in [2.75, 3.05) is 7.11 Å². The number of hydrogen-bond acceptors (Lipinski definition) is 7. The van der Waals surface area contributed by atoms with Crippen LogP contribution in [0.5, 0.6) is 5.75 Å². The number of amides is 1. The minimum Gasteiger partial charge on any atom is -0.497 e. The summed E-state index contributed by atoms with van der Waals surface area (Å²) in [6.45, 7) is 4.01. The summed E-state index contributed by atoms with van der Waals surface area (Å²) in [5.41, 5.74) is 9.75. The lowest BCUT2D eigenvalue weighted by atomic mass is 10.0. The number of carbonyl (C=O) groups is 1. The molecule has 1 N–H and O–H groups in total. The van der Waals surface area contributed by atoms with Crippen molar-refractivity contribution in [2.45, 2.75) is 30.7 Å². The van der Waals surface area contributed by atoms with Crippen molar-refractivity contribution in [1.29, 1.82) is 0 Å². The molecule has 0 saturated carbocycles. The van der Waals surface area contributed by atoms with Gasteiger partial charge >= 0.3 is 0 Å². The van der Waals surface area contributed by atoms with E-state index in [1.165, 1.54) is 17.3 Å². The van der Waals surface area contributed by atoms with Gasteiger partial charge in [-0.15, -0.1) is 0 Å². The molecule has 3 heterocycles. The van der Waals surface area contributed by atoms with Crippen molar-refractivity contribution in [1.82, 2.24) is 25.2 Å². The smallest absolute Gasteiger partial charge is 0.254 e. The standard InChI is InChI=1S/C30H26N6O2S/c1-18-9-11-20(12-10-18)24-17-25(29(37)34-33-24)39-30-31-27(21-13-15-23(38-3)16-14-21)26-19(2)35-36(28(26)32-30)22-7-5-4-6-8-22/h4-16,25H,17H2,1-3H3,(H,34,37). The first-order valence-corrected chi connectivity index (χ1v) is 13.5. The summed E-state index contributed by atoms with van der Waals surface area (Å²) in [4.78, 5) is 22.8. The van der Waals surface area contributed by atoms with E-state index >= 15 is 0 Å². The maximum absolute atomic E-state index is 12.9. The Morgan fingerprint density at radius 3 is 2.36 bits per heavy atom. The molecule has 6 rings (SSSR count). The third-order valence-electron chi connectivity index (χ3n) is 6.65. The minimum absolute atomic E-state index is 0.168. The molecule has 1 aliphatic rings. The number of aryl methyl sites for hydroxylation is 2. The number of fused-ring (bicyclic) bond motifs is 1. The van der Waals surface area contributed by atoms with E-state index in [2.05, 4.69) is 10.5 Å². The topological polar surface area (TPSA) is 94.3 Å². The van der Waals surface area contributed by atoms with E-state index in [-0.39, 0.29) is 5.91 Å². The maximum Gasteiger partial charge on any atom is 0.254 e. The Hall–Kier alpha value is -4.50. The van der Waals surface area contributed by atoms with E-state index < -0.39 is 5.25 Å². The number of rotatable bonds is 6. The fraction of sp³-hybridized carbons (Fsp3) is 0.167. The Balaban J connectivity index is 1.44. The van der Waals surface area contributed by atoms with Gasteiger partial charge in [0.15, 0.2) is 10.8 Å². The quantitative estimate of drug-likeness (QED) is 0.290. The summed E-state index contributed by atoms with van der Waals surface area (Å²) >= 11 is 1.34. The average Bonchev–Trinajstić information content (AvgIpc) is 3.31. The molecule has 194 valence electrons. The number of methoxy groups -OCH3 is 1. The Morgan fingerprint density at radius 1 is 0.923 bits per heavy atom. The number of hydrazone groups is 1. The zero-order valence-electron chi connectivity index (χ0n) is 21.8. The lowest BCUT2D eigenvalue weighted by Crippen LogP contribution is -2.37. The SMILES string of the molecule is COc1ccc(-c2nc(SC3CC(c4ccc(C)cc4)=NNC3=O)nc3c2c(C)nn3-c2ccccc2)cc1. The second-order valence-electron chi connectivity index (χ2n) is 9.33. The number of thioether (sulfide) groups is 1. The van der Waals surface area contributed by atoms with Crippen molar-refractivity contribution in [2.24, 2.45) is 5.10 Å².